The zero-order chi connectivity index (χ0) is 26.5. The van der Waals surface area contributed by atoms with Gasteiger partial charge in [-0.25, -0.2) is 0 Å². The molecule has 0 fully saturated rings. The van der Waals surface area contributed by atoms with Crippen LogP contribution in [0, 0.1) is 0 Å². The van der Waals surface area contributed by atoms with Crippen molar-refractivity contribution in [3.8, 4) is 28.4 Å². The van der Waals surface area contributed by atoms with E-state index < -0.39 is 0 Å². The Morgan fingerprint density at radius 2 is 1.73 bits per heavy atom. The minimum Gasteiger partial charge on any atom is -0.497 e. The first-order valence-electron chi connectivity index (χ1n) is 12.3. The number of ether oxygens (including phenoxy) is 3. The smallest absolute Gasteiger partial charge is 0.248 e. The van der Waals surface area contributed by atoms with Crippen molar-refractivity contribution in [2.75, 3.05) is 26.1 Å². The molecule has 0 saturated heterocycles. The van der Waals surface area contributed by atoms with Crippen LogP contribution in [-0.4, -0.2) is 26.7 Å². The van der Waals surface area contributed by atoms with Gasteiger partial charge in [-0.05, 0) is 67.3 Å². The molecule has 0 aliphatic rings. The molecule has 0 unspecified atom stereocenters. The second-order valence-electron chi connectivity index (χ2n) is 9.09. The Labute approximate surface area is 217 Å². The van der Waals surface area contributed by atoms with E-state index in [1.54, 1.807) is 26.6 Å². The number of hydrogen-bond donors (Lipinski definition) is 1. The highest BCUT2D eigenvalue weighted by molar-refractivity contribution is 6.05. The molecular weight excluding hydrogens is 466 g/mol. The lowest BCUT2D eigenvalue weighted by molar-refractivity contribution is -0.111. The molecule has 1 aromatic heterocycles. The Morgan fingerprint density at radius 3 is 2.38 bits per heavy atom. The molecule has 0 atom stereocenters. The fourth-order valence-electron chi connectivity index (χ4n) is 4.28. The van der Waals surface area contributed by atoms with E-state index in [9.17, 15) is 4.79 Å². The number of anilines is 1. The predicted molar refractivity (Wildman–Crippen MR) is 149 cm³/mol. The third kappa shape index (κ3) is 5.64. The van der Waals surface area contributed by atoms with Crippen LogP contribution in [0.2, 0.25) is 0 Å². The highest BCUT2D eigenvalue weighted by Crippen LogP contribution is 2.41. The minimum atomic E-state index is -0.209. The van der Waals surface area contributed by atoms with Crippen LogP contribution in [0.4, 0.5) is 5.69 Å². The van der Waals surface area contributed by atoms with Crippen LogP contribution in [-0.2, 0) is 4.79 Å². The summed E-state index contributed by atoms with van der Waals surface area (Å²) in [5.41, 5.74) is 5.94. The molecule has 0 aliphatic carbocycles. The Balaban J connectivity index is 1.72. The van der Waals surface area contributed by atoms with E-state index in [0.717, 1.165) is 33.3 Å². The molecule has 4 aromatic rings. The molecule has 0 bridgehead atoms. The molecular formula is C31H33NO5. The molecule has 0 spiro atoms. The average Bonchev–Trinajstić information content (AvgIpc) is 3.30. The number of carbonyl (C=O) groups is 1. The van der Waals surface area contributed by atoms with Gasteiger partial charge in [-0.1, -0.05) is 26.0 Å². The SMILES string of the molecule is CCOc1cc2occ(-c3cc(OC)ccc3OC)c2cc1/C(C)=C/C(=O)Nc1ccc(C(C)C)cc1. The number of benzene rings is 3. The zero-order valence-electron chi connectivity index (χ0n) is 22.2. The van der Waals surface area contributed by atoms with E-state index in [2.05, 4.69) is 19.2 Å². The fourth-order valence-corrected chi connectivity index (χ4v) is 4.28. The first kappa shape index (κ1) is 25.9. The largest absolute Gasteiger partial charge is 0.497 e. The monoisotopic (exact) mass is 499 g/mol. The molecule has 37 heavy (non-hydrogen) atoms. The van der Waals surface area contributed by atoms with Crippen LogP contribution in [0.5, 0.6) is 17.2 Å². The van der Waals surface area contributed by atoms with Crippen LogP contribution in [0.3, 0.4) is 0 Å². The molecule has 192 valence electrons. The van der Waals surface area contributed by atoms with Crippen molar-refractivity contribution in [3.05, 3.63) is 78.1 Å². The number of carbonyl (C=O) groups excluding carboxylic acids is 1. The van der Waals surface area contributed by atoms with Crippen molar-refractivity contribution in [3.63, 3.8) is 0 Å². The van der Waals surface area contributed by atoms with Crippen LogP contribution in [0.1, 0.15) is 44.7 Å². The summed E-state index contributed by atoms with van der Waals surface area (Å²) in [7, 11) is 3.26. The lowest BCUT2D eigenvalue weighted by Crippen LogP contribution is -2.09. The number of fused-ring (bicyclic) bond motifs is 1. The van der Waals surface area contributed by atoms with E-state index in [0.29, 0.717) is 35.4 Å². The minimum absolute atomic E-state index is 0.209. The second kappa shape index (κ2) is 11.2. The van der Waals surface area contributed by atoms with Crippen LogP contribution >= 0.6 is 0 Å². The molecule has 4 rings (SSSR count). The highest BCUT2D eigenvalue weighted by Gasteiger charge is 2.18. The summed E-state index contributed by atoms with van der Waals surface area (Å²) in [6.07, 6.45) is 3.29. The third-order valence-electron chi connectivity index (χ3n) is 6.29. The summed E-state index contributed by atoms with van der Waals surface area (Å²) in [5.74, 6) is 2.29. The summed E-state index contributed by atoms with van der Waals surface area (Å²) in [5, 5.41) is 3.83. The van der Waals surface area contributed by atoms with Crippen LogP contribution < -0.4 is 19.5 Å². The first-order valence-corrected chi connectivity index (χ1v) is 12.3. The summed E-state index contributed by atoms with van der Waals surface area (Å²) >= 11 is 0. The molecule has 0 saturated carbocycles. The number of methoxy groups -OCH3 is 2. The standard InChI is InChI=1S/C31H33NO5/c1-7-36-29-17-30-26(27(18-37-30)25-15-23(34-5)12-13-28(25)35-6)16-24(29)20(4)14-31(33)32-22-10-8-21(9-11-22)19(2)3/h8-19H,7H2,1-6H3,(H,32,33)/b20-14+. The number of furan rings is 1. The van der Waals surface area contributed by atoms with Gasteiger partial charge in [-0.15, -0.1) is 0 Å². The van der Waals surface area contributed by atoms with Gasteiger partial charge in [-0.2, -0.15) is 0 Å². The van der Waals surface area contributed by atoms with Crippen molar-refractivity contribution in [1.82, 2.24) is 0 Å². The van der Waals surface area contributed by atoms with Crippen LogP contribution in [0.25, 0.3) is 27.7 Å². The maximum Gasteiger partial charge on any atom is 0.248 e. The molecule has 3 aromatic carbocycles. The molecule has 1 heterocycles. The Morgan fingerprint density at radius 1 is 0.973 bits per heavy atom. The molecule has 0 radical (unpaired) electrons. The normalized spacial score (nSPS) is 11.6. The highest BCUT2D eigenvalue weighted by atomic mass is 16.5. The molecule has 1 N–H and O–H groups in total. The van der Waals surface area contributed by atoms with E-state index in [-0.39, 0.29) is 5.91 Å². The van der Waals surface area contributed by atoms with Crippen molar-refractivity contribution >= 4 is 28.1 Å². The number of nitrogens with one attached hydrogen (secondary N) is 1. The van der Waals surface area contributed by atoms with Crippen molar-refractivity contribution in [2.24, 2.45) is 0 Å². The first-order chi connectivity index (χ1) is 17.8. The summed E-state index contributed by atoms with van der Waals surface area (Å²) in [6.45, 7) is 8.59. The lowest BCUT2D eigenvalue weighted by atomic mass is 9.98. The van der Waals surface area contributed by atoms with Gasteiger partial charge < -0.3 is 23.9 Å². The average molecular weight is 500 g/mol. The number of allylic oxidation sites excluding steroid dienone is 1. The molecule has 1 amide bonds. The Kier molecular flexibility index (Phi) is 7.87. The summed E-state index contributed by atoms with van der Waals surface area (Å²) in [6, 6.07) is 17.4. The van der Waals surface area contributed by atoms with E-state index in [4.69, 9.17) is 18.6 Å². The van der Waals surface area contributed by atoms with Gasteiger partial charge in [0.15, 0.2) is 0 Å². The van der Waals surface area contributed by atoms with Gasteiger partial charge in [0.25, 0.3) is 0 Å². The lowest BCUT2D eigenvalue weighted by Gasteiger charge is -2.13. The van der Waals surface area contributed by atoms with E-state index >= 15 is 0 Å². The van der Waals surface area contributed by atoms with Crippen LogP contribution in [0.15, 0.2) is 71.4 Å². The maximum absolute atomic E-state index is 12.9. The van der Waals surface area contributed by atoms with Gasteiger partial charge in [0.2, 0.25) is 5.91 Å². The van der Waals surface area contributed by atoms with Crippen molar-refractivity contribution in [2.45, 2.75) is 33.6 Å². The number of rotatable bonds is 9. The molecule has 0 aliphatic heterocycles. The van der Waals surface area contributed by atoms with Gasteiger partial charge in [-0.3, -0.25) is 4.79 Å². The Bertz CT molecular complexity index is 1430. The predicted octanol–water partition coefficient (Wildman–Crippen LogP) is 7.68. The van der Waals surface area contributed by atoms with Gasteiger partial charge >= 0.3 is 0 Å². The second-order valence-corrected chi connectivity index (χ2v) is 9.09. The summed E-state index contributed by atoms with van der Waals surface area (Å²) in [4.78, 5) is 12.9. The van der Waals surface area contributed by atoms with Gasteiger partial charge in [0.05, 0.1) is 27.1 Å². The van der Waals surface area contributed by atoms with E-state index in [1.807, 2.05) is 68.4 Å². The third-order valence-corrected chi connectivity index (χ3v) is 6.29. The fraction of sp³-hybridized carbons (Fsp3) is 0.258. The maximum atomic E-state index is 12.9. The Hall–Kier alpha value is -4.19. The quantitative estimate of drug-likeness (QED) is 0.239. The van der Waals surface area contributed by atoms with Crippen molar-refractivity contribution in [1.29, 1.82) is 0 Å². The topological polar surface area (TPSA) is 69.9 Å². The number of hydrogen-bond acceptors (Lipinski definition) is 5. The van der Waals surface area contributed by atoms with Gasteiger partial charge in [0, 0.05) is 39.9 Å². The molecule has 6 nitrogen and oxygen atoms in total. The van der Waals surface area contributed by atoms with E-state index in [1.165, 1.54) is 5.56 Å². The van der Waals surface area contributed by atoms with Gasteiger partial charge in [0.1, 0.15) is 22.8 Å². The summed E-state index contributed by atoms with van der Waals surface area (Å²) < 4.78 is 22.9. The molecule has 6 heteroatoms. The number of amides is 1. The van der Waals surface area contributed by atoms with Crippen molar-refractivity contribution < 1.29 is 23.4 Å². The zero-order valence-corrected chi connectivity index (χ0v) is 22.2.